The molecule has 0 spiro atoms. The van der Waals surface area contributed by atoms with Gasteiger partial charge in [-0.05, 0) is 67.3 Å². The summed E-state index contributed by atoms with van der Waals surface area (Å²) in [7, 11) is -3.66. The molecule has 0 aliphatic rings. The van der Waals surface area contributed by atoms with E-state index in [-0.39, 0.29) is 6.54 Å². The molecule has 0 atom stereocenters. The third-order valence-electron chi connectivity index (χ3n) is 5.19. The Labute approximate surface area is 201 Å². The maximum Gasteiger partial charge on any atom is 0.260 e. The van der Waals surface area contributed by atoms with E-state index in [2.05, 4.69) is 10.5 Å². The molecule has 0 saturated carbocycles. The molecule has 178 valence electrons. The Balaban J connectivity index is 1.57. The van der Waals surface area contributed by atoms with Crippen LogP contribution in [-0.2, 0) is 21.4 Å². The molecule has 0 aliphatic heterocycles. The first-order chi connectivity index (χ1) is 16.1. The Morgan fingerprint density at radius 1 is 0.971 bits per heavy atom. The smallest absolute Gasteiger partial charge is 0.260 e. The van der Waals surface area contributed by atoms with E-state index < -0.39 is 15.9 Å². The second-order valence-corrected chi connectivity index (χ2v) is 10.1. The molecule has 1 amide bonds. The summed E-state index contributed by atoms with van der Waals surface area (Å²) < 4.78 is 31.6. The zero-order chi connectivity index (χ0) is 24.7. The van der Waals surface area contributed by atoms with Gasteiger partial charge >= 0.3 is 0 Å². The molecule has 0 aliphatic carbocycles. The molecule has 1 N–H and O–H groups in total. The molecule has 3 rings (SSSR count). The number of nitrogens with zero attached hydrogens (tertiary/aromatic N) is 2. The number of carbonyl (C=O) groups is 1. The molecule has 0 radical (unpaired) electrons. The normalized spacial score (nSPS) is 11.4. The minimum Gasteiger partial charge on any atom is -0.489 e. The highest BCUT2D eigenvalue weighted by Gasteiger charge is 2.23. The van der Waals surface area contributed by atoms with Crippen LogP contribution in [0.4, 0.5) is 5.69 Å². The van der Waals surface area contributed by atoms with Gasteiger partial charge in [-0.15, -0.1) is 0 Å². The molecule has 7 nitrogen and oxygen atoms in total. The standard InChI is InChI=1S/C26H29N3O4S/c1-19-8-10-23(11-9-19)18-33-24-14-12-22(13-15-24)16-27-28-25(30)17-29(34(4,31)32)26-20(2)6-5-7-21(26)3/h5-16H,17-18H2,1-4H3,(H,28,30)/b27-16-. The summed E-state index contributed by atoms with van der Waals surface area (Å²) in [5.41, 5.74) is 7.50. The van der Waals surface area contributed by atoms with E-state index in [1.54, 1.807) is 0 Å². The first kappa shape index (κ1) is 25.0. The fourth-order valence-corrected chi connectivity index (χ4v) is 4.38. The van der Waals surface area contributed by atoms with Gasteiger partial charge in [-0.3, -0.25) is 9.10 Å². The number of sulfonamides is 1. The summed E-state index contributed by atoms with van der Waals surface area (Å²) >= 11 is 0. The number of aryl methyl sites for hydroxylation is 3. The van der Waals surface area contributed by atoms with E-state index in [0.717, 1.165) is 38.6 Å². The summed E-state index contributed by atoms with van der Waals surface area (Å²) in [6, 6.07) is 20.9. The zero-order valence-electron chi connectivity index (χ0n) is 19.8. The summed E-state index contributed by atoms with van der Waals surface area (Å²) in [6.07, 6.45) is 2.57. The predicted octanol–water partition coefficient (Wildman–Crippen LogP) is 4.11. The van der Waals surface area contributed by atoms with Gasteiger partial charge in [0.05, 0.1) is 18.2 Å². The third-order valence-corrected chi connectivity index (χ3v) is 6.30. The molecule has 0 heterocycles. The van der Waals surface area contributed by atoms with E-state index in [0.29, 0.717) is 12.3 Å². The van der Waals surface area contributed by atoms with Gasteiger partial charge in [-0.2, -0.15) is 5.10 Å². The van der Waals surface area contributed by atoms with Crippen LogP contribution in [-0.4, -0.2) is 33.3 Å². The number of ether oxygens (including phenoxy) is 1. The van der Waals surface area contributed by atoms with E-state index in [1.165, 1.54) is 11.8 Å². The number of amides is 1. The minimum atomic E-state index is -3.66. The first-order valence-electron chi connectivity index (χ1n) is 10.8. The molecule has 0 bridgehead atoms. The van der Waals surface area contributed by atoms with Gasteiger partial charge in [0.2, 0.25) is 10.0 Å². The number of anilines is 1. The lowest BCUT2D eigenvalue weighted by atomic mass is 10.1. The molecule has 8 heteroatoms. The number of rotatable bonds is 9. The molecule has 3 aromatic rings. The van der Waals surface area contributed by atoms with Gasteiger partial charge < -0.3 is 4.74 Å². The SMILES string of the molecule is Cc1ccc(COc2ccc(/C=N\NC(=O)CN(c3c(C)cccc3C)S(C)(=O)=O)cc2)cc1. The van der Waals surface area contributed by atoms with Gasteiger partial charge in [0.25, 0.3) is 5.91 Å². The van der Waals surface area contributed by atoms with Crippen LogP contribution in [0.2, 0.25) is 0 Å². The highest BCUT2D eigenvalue weighted by molar-refractivity contribution is 7.92. The van der Waals surface area contributed by atoms with Crippen molar-refractivity contribution in [3.63, 3.8) is 0 Å². The molecule has 34 heavy (non-hydrogen) atoms. The summed E-state index contributed by atoms with van der Waals surface area (Å²) in [5.74, 6) is 0.182. The van der Waals surface area contributed by atoms with Crippen molar-refractivity contribution in [1.82, 2.24) is 5.43 Å². The van der Waals surface area contributed by atoms with E-state index in [1.807, 2.05) is 87.5 Å². The van der Waals surface area contributed by atoms with Crippen molar-refractivity contribution in [3.05, 3.63) is 94.5 Å². The lowest BCUT2D eigenvalue weighted by Gasteiger charge is -2.25. The van der Waals surface area contributed by atoms with Crippen LogP contribution in [0.3, 0.4) is 0 Å². The maximum absolute atomic E-state index is 12.4. The van der Waals surface area contributed by atoms with Crippen LogP contribution >= 0.6 is 0 Å². The average molecular weight is 480 g/mol. The number of nitrogens with one attached hydrogen (secondary N) is 1. The first-order valence-corrected chi connectivity index (χ1v) is 12.6. The molecular formula is C26H29N3O4S. The van der Waals surface area contributed by atoms with Gasteiger partial charge in [0.1, 0.15) is 18.9 Å². The van der Waals surface area contributed by atoms with E-state index in [4.69, 9.17) is 4.74 Å². The fourth-order valence-electron chi connectivity index (χ4n) is 3.41. The van der Waals surface area contributed by atoms with Crippen molar-refractivity contribution >= 4 is 27.8 Å². The molecule has 0 aromatic heterocycles. The predicted molar refractivity (Wildman–Crippen MR) is 136 cm³/mol. The Morgan fingerprint density at radius 2 is 1.59 bits per heavy atom. The summed E-state index contributed by atoms with van der Waals surface area (Å²) in [6.45, 7) is 5.77. The van der Waals surface area contributed by atoms with E-state index in [9.17, 15) is 13.2 Å². The Kier molecular flexibility index (Phi) is 8.07. The van der Waals surface area contributed by atoms with Crippen LogP contribution in [0.15, 0.2) is 71.8 Å². The number of hydrazone groups is 1. The number of carbonyl (C=O) groups excluding carboxylic acids is 1. The number of para-hydroxylation sites is 1. The van der Waals surface area contributed by atoms with Crippen molar-refractivity contribution in [3.8, 4) is 5.75 Å². The highest BCUT2D eigenvalue weighted by Crippen LogP contribution is 2.26. The minimum absolute atomic E-state index is 0.367. The zero-order valence-corrected chi connectivity index (χ0v) is 20.6. The second kappa shape index (κ2) is 11.0. The molecule has 0 unspecified atom stereocenters. The molecule has 0 fully saturated rings. The third kappa shape index (κ3) is 6.92. The number of hydrogen-bond donors (Lipinski definition) is 1. The topological polar surface area (TPSA) is 88.1 Å². The fraction of sp³-hybridized carbons (Fsp3) is 0.231. The van der Waals surface area contributed by atoms with Gasteiger partial charge in [0, 0.05) is 0 Å². The lowest BCUT2D eigenvalue weighted by Crippen LogP contribution is -2.39. The Morgan fingerprint density at radius 3 is 2.18 bits per heavy atom. The highest BCUT2D eigenvalue weighted by atomic mass is 32.2. The van der Waals surface area contributed by atoms with Gasteiger partial charge in [-0.25, -0.2) is 13.8 Å². The van der Waals surface area contributed by atoms with Crippen molar-refractivity contribution in [2.45, 2.75) is 27.4 Å². The quantitative estimate of drug-likeness (QED) is 0.370. The average Bonchev–Trinajstić information content (AvgIpc) is 2.78. The van der Waals surface area contributed by atoms with Crippen LogP contribution in [0.1, 0.15) is 27.8 Å². The van der Waals surface area contributed by atoms with Crippen molar-refractivity contribution in [2.24, 2.45) is 5.10 Å². The Bertz CT molecular complexity index is 1250. The largest absolute Gasteiger partial charge is 0.489 e. The summed E-state index contributed by atoms with van der Waals surface area (Å²) in [4.78, 5) is 12.4. The van der Waals surface area contributed by atoms with E-state index >= 15 is 0 Å². The number of benzene rings is 3. The van der Waals surface area contributed by atoms with Crippen LogP contribution in [0.25, 0.3) is 0 Å². The molecular weight excluding hydrogens is 450 g/mol. The lowest BCUT2D eigenvalue weighted by molar-refractivity contribution is -0.119. The van der Waals surface area contributed by atoms with Crippen molar-refractivity contribution in [1.29, 1.82) is 0 Å². The molecule has 0 saturated heterocycles. The number of hydrogen-bond acceptors (Lipinski definition) is 5. The van der Waals surface area contributed by atoms with Crippen LogP contribution < -0.4 is 14.5 Å². The maximum atomic E-state index is 12.4. The van der Waals surface area contributed by atoms with Crippen LogP contribution in [0.5, 0.6) is 5.75 Å². The van der Waals surface area contributed by atoms with Gasteiger partial charge in [0.15, 0.2) is 0 Å². The Hall–Kier alpha value is -3.65. The second-order valence-electron chi connectivity index (χ2n) is 8.15. The van der Waals surface area contributed by atoms with Crippen LogP contribution in [0, 0.1) is 20.8 Å². The van der Waals surface area contributed by atoms with Crippen molar-refractivity contribution in [2.75, 3.05) is 17.1 Å². The molecule has 3 aromatic carbocycles. The van der Waals surface area contributed by atoms with Gasteiger partial charge in [-0.1, -0.05) is 48.0 Å². The summed E-state index contributed by atoms with van der Waals surface area (Å²) in [5, 5.41) is 3.96. The van der Waals surface area contributed by atoms with Crippen molar-refractivity contribution < 1.29 is 17.9 Å². The monoisotopic (exact) mass is 479 g/mol.